The number of nitrogens with two attached hydrogens (primary N) is 1. The second kappa shape index (κ2) is 6.39. The fourth-order valence-electron chi connectivity index (χ4n) is 2.27. The number of imide groups is 1. The van der Waals surface area contributed by atoms with Crippen LogP contribution in [0.25, 0.3) is 0 Å². The Morgan fingerprint density at radius 3 is 1.88 bits per heavy atom. The van der Waals surface area contributed by atoms with Gasteiger partial charge < -0.3 is 5.73 Å². The number of anilines is 1. The van der Waals surface area contributed by atoms with Crippen molar-refractivity contribution in [3.8, 4) is 0 Å². The monoisotopic (exact) mass is 332 g/mol. The average molecular weight is 332 g/mol. The average Bonchev–Trinajstić information content (AvgIpc) is 2.46. The molecule has 0 saturated carbocycles. The van der Waals surface area contributed by atoms with E-state index in [0.29, 0.717) is 4.90 Å². The molecule has 6 heteroatoms. The van der Waals surface area contributed by atoms with Gasteiger partial charge in [0.2, 0.25) is 0 Å². The number of primary amides is 1. The lowest BCUT2D eigenvalue weighted by Gasteiger charge is -2.22. The molecule has 0 unspecified atom stereocenters. The fourth-order valence-corrected chi connectivity index (χ4v) is 2.27. The standard InChI is InChI=1S/C18H18F2N2O2/c1-18(2,3)11-7-9-12(10-8-11)22(17(21)24)16(23)15-13(19)5-4-6-14(15)20/h4-10H,1-3H3,(H2,21,24). The van der Waals surface area contributed by atoms with Crippen LogP contribution in [0.15, 0.2) is 42.5 Å². The first-order valence-corrected chi connectivity index (χ1v) is 7.31. The predicted molar refractivity (Wildman–Crippen MR) is 87.9 cm³/mol. The van der Waals surface area contributed by atoms with Crippen LogP contribution in [-0.4, -0.2) is 11.9 Å². The zero-order valence-corrected chi connectivity index (χ0v) is 13.6. The molecule has 0 spiro atoms. The van der Waals surface area contributed by atoms with E-state index in [2.05, 4.69) is 0 Å². The van der Waals surface area contributed by atoms with Crippen LogP contribution in [0.3, 0.4) is 0 Å². The summed E-state index contributed by atoms with van der Waals surface area (Å²) in [7, 11) is 0. The van der Waals surface area contributed by atoms with Crippen LogP contribution in [0.5, 0.6) is 0 Å². The molecule has 0 fully saturated rings. The molecule has 2 aromatic carbocycles. The molecule has 0 aromatic heterocycles. The number of amides is 3. The Kier molecular flexibility index (Phi) is 4.68. The molecule has 0 radical (unpaired) electrons. The number of benzene rings is 2. The maximum absolute atomic E-state index is 13.8. The van der Waals surface area contributed by atoms with E-state index in [0.717, 1.165) is 23.8 Å². The Bertz CT molecular complexity index is 760. The molecule has 0 aliphatic rings. The Morgan fingerprint density at radius 2 is 1.46 bits per heavy atom. The van der Waals surface area contributed by atoms with Crippen molar-refractivity contribution in [2.45, 2.75) is 26.2 Å². The highest BCUT2D eigenvalue weighted by atomic mass is 19.1. The summed E-state index contributed by atoms with van der Waals surface area (Å²) >= 11 is 0. The van der Waals surface area contributed by atoms with Crippen molar-refractivity contribution in [3.05, 3.63) is 65.2 Å². The van der Waals surface area contributed by atoms with E-state index in [1.54, 1.807) is 12.1 Å². The van der Waals surface area contributed by atoms with Crippen molar-refractivity contribution >= 4 is 17.6 Å². The summed E-state index contributed by atoms with van der Waals surface area (Å²) in [6.07, 6.45) is 0. The Morgan fingerprint density at radius 1 is 0.958 bits per heavy atom. The first kappa shape index (κ1) is 17.6. The molecule has 4 nitrogen and oxygen atoms in total. The van der Waals surface area contributed by atoms with Gasteiger partial charge in [-0.2, -0.15) is 0 Å². The topological polar surface area (TPSA) is 63.4 Å². The van der Waals surface area contributed by atoms with Crippen LogP contribution in [0, 0.1) is 11.6 Å². The molecule has 0 bridgehead atoms. The van der Waals surface area contributed by atoms with Crippen LogP contribution < -0.4 is 10.6 Å². The lowest BCUT2D eigenvalue weighted by atomic mass is 9.87. The van der Waals surface area contributed by atoms with E-state index in [-0.39, 0.29) is 11.1 Å². The number of carbonyl (C=O) groups excluding carboxylic acids is 2. The van der Waals surface area contributed by atoms with E-state index < -0.39 is 29.1 Å². The van der Waals surface area contributed by atoms with Gasteiger partial charge in [-0.25, -0.2) is 18.5 Å². The quantitative estimate of drug-likeness (QED) is 0.904. The summed E-state index contributed by atoms with van der Waals surface area (Å²) in [6, 6.07) is 8.40. The number of carbonyl (C=O) groups is 2. The number of nitrogens with zero attached hydrogens (tertiary/aromatic N) is 1. The maximum atomic E-state index is 13.8. The van der Waals surface area contributed by atoms with Gasteiger partial charge >= 0.3 is 6.03 Å². The molecule has 0 aliphatic carbocycles. The summed E-state index contributed by atoms with van der Waals surface area (Å²) in [6.45, 7) is 6.02. The first-order chi connectivity index (χ1) is 11.1. The van der Waals surface area contributed by atoms with E-state index >= 15 is 0 Å². The summed E-state index contributed by atoms with van der Waals surface area (Å²) in [5.74, 6) is -3.27. The zero-order chi connectivity index (χ0) is 18.1. The molecule has 126 valence electrons. The fraction of sp³-hybridized carbons (Fsp3) is 0.222. The summed E-state index contributed by atoms with van der Waals surface area (Å²) in [5, 5.41) is 0. The molecule has 2 N–H and O–H groups in total. The SMILES string of the molecule is CC(C)(C)c1ccc(N(C(N)=O)C(=O)c2c(F)cccc2F)cc1. The van der Waals surface area contributed by atoms with Crippen molar-refractivity contribution in [3.63, 3.8) is 0 Å². The minimum Gasteiger partial charge on any atom is -0.351 e. The predicted octanol–water partition coefficient (Wildman–Crippen LogP) is 3.99. The van der Waals surface area contributed by atoms with Crippen molar-refractivity contribution in [2.75, 3.05) is 4.90 Å². The summed E-state index contributed by atoms with van der Waals surface area (Å²) in [5.41, 5.74) is 5.42. The van der Waals surface area contributed by atoms with Crippen molar-refractivity contribution in [1.29, 1.82) is 0 Å². The highest BCUT2D eigenvalue weighted by molar-refractivity contribution is 6.20. The van der Waals surface area contributed by atoms with Crippen LogP contribution in [0.1, 0.15) is 36.7 Å². The largest absolute Gasteiger partial charge is 0.351 e. The molecule has 0 atom stereocenters. The van der Waals surface area contributed by atoms with Gasteiger partial charge in [-0.05, 0) is 35.2 Å². The van der Waals surface area contributed by atoms with E-state index in [4.69, 9.17) is 5.73 Å². The highest BCUT2D eigenvalue weighted by Gasteiger charge is 2.28. The number of halogens is 2. The second-order valence-corrected chi connectivity index (χ2v) is 6.37. The third-order valence-electron chi connectivity index (χ3n) is 3.59. The Labute approximate surface area is 138 Å². The van der Waals surface area contributed by atoms with Gasteiger partial charge in [0.15, 0.2) is 0 Å². The molecule has 24 heavy (non-hydrogen) atoms. The number of hydrogen-bond donors (Lipinski definition) is 1. The second-order valence-electron chi connectivity index (χ2n) is 6.37. The Balaban J connectivity index is 2.47. The molecule has 0 heterocycles. The molecule has 2 rings (SSSR count). The van der Waals surface area contributed by atoms with Gasteiger partial charge in [-0.1, -0.05) is 39.0 Å². The molecule has 0 saturated heterocycles. The van der Waals surface area contributed by atoms with Crippen LogP contribution in [0.4, 0.5) is 19.3 Å². The lowest BCUT2D eigenvalue weighted by Crippen LogP contribution is -2.41. The van der Waals surface area contributed by atoms with E-state index in [9.17, 15) is 18.4 Å². The smallest absolute Gasteiger partial charge is 0.326 e. The van der Waals surface area contributed by atoms with Crippen molar-refractivity contribution < 1.29 is 18.4 Å². The minimum atomic E-state index is -1.15. The molecular weight excluding hydrogens is 314 g/mol. The zero-order valence-electron chi connectivity index (χ0n) is 13.6. The van der Waals surface area contributed by atoms with Gasteiger partial charge in [0.1, 0.15) is 17.2 Å². The third kappa shape index (κ3) is 3.42. The number of urea groups is 1. The number of hydrogen-bond acceptors (Lipinski definition) is 2. The van der Waals surface area contributed by atoms with Gasteiger partial charge in [0.05, 0.1) is 5.69 Å². The van der Waals surface area contributed by atoms with Crippen LogP contribution >= 0.6 is 0 Å². The van der Waals surface area contributed by atoms with Crippen molar-refractivity contribution in [1.82, 2.24) is 0 Å². The van der Waals surface area contributed by atoms with Gasteiger partial charge in [-0.15, -0.1) is 0 Å². The number of rotatable bonds is 2. The van der Waals surface area contributed by atoms with Crippen LogP contribution in [0.2, 0.25) is 0 Å². The maximum Gasteiger partial charge on any atom is 0.326 e. The normalized spacial score (nSPS) is 11.2. The lowest BCUT2D eigenvalue weighted by molar-refractivity contribution is 0.0987. The molecule has 0 aliphatic heterocycles. The summed E-state index contributed by atoms with van der Waals surface area (Å²) < 4.78 is 27.6. The minimum absolute atomic E-state index is 0.127. The third-order valence-corrected chi connectivity index (χ3v) is 3.59. The first-order valence-electron chi connectivity index (χ1n) is 7.31. The van der Waals surface area contributed by atoms with Gasteiger partial charge in [0.25, 0.3) is 5.91 Å². The highest BCUT2D eigenvalue weighted by Crippen LogP contribution is 2.26. The molecule has 3 amide bonds. The van der Waals surface area contributed by atoms with Crippen LogP contribution in [-0.2, 0) is 5.41 Å². The molecular formula is C18H18F2N2O2. The Hall–Kier alpha value is -2.76. The van der Waals surface area contributed by atoms with Crippen molar-refractivity contribution in [2.24, 2.45) is 5.73 Å². The molecule has 2 aromatic rings. The van der Waals surface area contributed by atoms with Gasteiger partial charge in [-0.3, -0.25) is 4.79 Å². The van der Waals surface area contributed by atoms with E-state index in [1.165, 1.54) is 12.1 Å². The van der Waals surface area contributed by atoms with Gasteiger partial charge in [0, 0.05) is 0 Å². The van der Waals surface area contributed by atoms with E-state index in [1.807, 2.05) is 20.8 Å². The summed E-state index contributed by atoms with van der Waals surface area (Å²) in [4.78, 5) is 24.7.